The van der Waals surface area contributed by atoms with E-state index in [0.717, 1.165) is 36.8 Å². The number of rotatable bonds is 8. The lowest BCUT2D eigenvalue weighted by Gasteiger charge is -2.61. The highest BCUT2D eigenvalue weighted by atomic mass is 16.3. The molecule has 0 bridgehead atoms. The molecule has 4 aliphatic carbocycles. The second kappa shape index (κ2) is 13.0. The maximum absolute atomic E-state index is 14.6. The molecular weight excluding hydrogens is 628 g/mol. The lowest BCUT2D eigenvalue weighted by molar-refractivity contribution is -0.205. The Hall–Kier alpha value is -3.45. The molecule has 268 valence electrons. The molecule has 0 aliphatic heterocycles. The monoisotopic (exact) mass is 682 g/mol. The van der Waals surface area contributed by atoms with Crippen molar-refractivity contribution in [3.8, 4) is 16.9 Å². The van der Waals surface area contributed by atoms with Crippen molar-refractivity contribution in [3.05, 3.63) is 52.6 Å². The third-order valence-corrected chi connectivity index (χ3v) is 13.3. The van der Waals surface area contributed by atoms with E-state index in [1.54, 1.807) is 20.8 Å². The summed E-state index contributed by atoms with van der Waals surface area (Å²) in [6.07, 6.45) is 9.75. The zero-order valence-corrected chi connectivity index (χ0v) is 30.9. The van der Waals surface area contributed by atoms with Gasteiger partial charge in [0.15, 0.2) is 28.7 Å². The molecule has 0 saturated heterocycles. The molecule has 4 aliphatic rings. The molecule has 7 nitrogen and oxygen atoms in total. The Morgan fingerprint density at radius 1 is 0.920 bits per heavy atom. The second-order valence-corrected chi connectivity index (χ2v) is 17.0. The van der Waals surface area contributed by atoms with Crippen molar-refractivity contribution in [2.75, 3.05) is 0 Å². The highest BCUT2D eigenvalue weighted by Crippen LogP contribution is 2.64. The number of ketones is 5. The van der Waals surface area contributed by atoms with Gasteiger partial charge < -0.3 is 10.2 Å². The summed E-state index contributed by atoms with van der Waals surface area (Å²) in [6, 6.07) is 9.83. The Bertz CT molecular complexity index is 1760. The Morgan fingerprint density at radius 2 is 1.58 bits per heavy atom. The summed E-state index contributed by atoms with van der Waals surface area (Å²) in [7, 11) is 0. The highest BCUT2D eigenvalue weighted by molar-refractivity contribution is 6.32. The first-order chi connectivity index (χ1) is 23.5. The van der Waals surface area contributed by atoms with Gasteiger partial charge in [-0.3, -0.25) is 24.0 Å². The van der Waals surface area contributed by atoms with Crippen molar-refractivity contribution in [2.24, 2.45) is 46.3 Å². The van der Waals surface area contributed by atoms with Crippen molar-refractivity contribution in [1.82, 2.24) is 0 Å². The van der Waals surface area contributed by atoms with Crippen LogP contribution in [0.25, 0.3) is 11.1 Å². The van der Waals surface area contributed by atoms with Gasteiger partial charge in [0, 0.05) is 11.3 Å². The summed E-state index contributed by atoms with van der Waals surface area (Å²) in [5.74, 6) is -7.31. The molecule has 3 unspecified atom stereocenters. The van der Waals surface area contributed by atoms with Crippen LogP contribution in [0.4, 0.5) is 0 Å². The molecule has 3 fully saturated rings. The van der Waals surface area contributed by atoms with Gasteiger partial charge in [-0.1, -0.05) is 91.5 Å². The molecule has 2 N–H and O–H groups in total. The molecule has 0 heterocycles. The summed E-state index contributed by atoms with van der Waals surface area (Å²) < 4.78 is 0. The Kier molecular flexibility index (Phi) is 9.41. The second-order valence-electron chi connectivity index (χ2n) is 17.0. The van der Waals surface area contributed by atoms with E-state index in [4.69, 9.17) is 0 Å². The Morgan fingerprint density at radius 3 is 2.18 bits per heavy atom. The van der Waals surface area contributed by atoms with Crippen molar-refractivity contribution in [1.29, 1.82) is 0 Å². The number of hydrogen-bond donors (Lipinski definition) is 2. The van der Waals surface area contributed by atoms with E-state index in [1.165, 1.54) is 55.7 Å². The standard InChI is InChI=1S/C43H54O7/c1-8-10-25-11-13-26(14-12-25)19-29-20-28(16-15-27(29)9-2)30-17-18-32(45)34-31(30)21-41(6)22-42(7)35(23(3)4)37(46)33(24(5)44)39(48)43(42,50)40(49)36(41)38(34)47/h15-18,20,23,25-26,33,35-36,45,50H,8-14,19,21-22H2,1-7H3/t25?,26?,33?,35?,36?,41-,42-,43+/m1/s1. The van der Waals surface area contributed by atoms with Gasteiger partial charge in [0.05, 0.1) is 11.5 Å². The van der Waals surface area contributed by atoms with Crippen LogP contribution >= 0.6 is 0 Å². The number of fused-ring (bicyclic) bond motifs is 3. The fraction of sp³-hybridized carbons (Fsp3) is 0.605. The molecule has 0 aromatic heterocycles. The maximum Gasteiger partial charge on any atom is 0.190 e. The van der Waals surface area contributed by atoms with Crippen LogP contribution in [0.3, 0.4) is 0 Å². The maximum atomic E-state index is 14.6. The first-order valence-corrected chi connectivity index (χ1v) is 18.9. The minimum atomic E-state index is -2.70. The molecule has 3 saturated carbocycles. The summed E-state index contributed by atoms with van der Waals surface area (Å²) in [5.41, 5.74) is -0.243. The molecule has 0 radical (unpaired) electrons. The van der Waals surface area contributed by atoms with Crippen molar-refractivity contribution >= 4 is 28.9 Å². The largest absolute Gasteiger partial charge is 0.507 e. The van der Waals surface area contributed by atoms with Crippen LogP contribution in [0.1, 0.15) is 120 Å². The summed E-state index contributed by atoms with van der Waals surface area (Å²) in [6.45, 7) is 12.6. The quantitative estimate of drug-likeness (QED) is 0.277. The molecule has 6 rings (SSSR count). The average molecular weight is 683 g/mol. The number of phenolic OH excluding ortho intramolecular Hbond substituents is 1. The van der Waals surface area contributed by atoms with Gasteiger partial charge >= 0.3 is 0 Å². The van der Waals surface area contributed by atoms with Gasteiger partial charge in [-0.05, 0) is 103 Å². The number of Topliss-reactive ketones (excluding diaryl/α,β-unsaturated/α-hetero) is 5. The number of phenols is 1. The third kappa shape index (κ3) is 5.36. The first kappa shape index (κ1) is 36.3. The number of aryl methyl sites for hydroxylation is 1. The summed E-state index contributed by atoms with van der Waals surface area (Å²) in [4.78, 5) is 69.6. The van der Waals surface area contributed by atoms with Crippen LogP contribution in [0.5, 0.6) is 5.75 Å². The average Bonchev–Trinajstić information content (AvgIpc) is 3.03. The van der Waals surface area contributed by atoms with Gasteiger partial charge in [0.25, 0.3) is 0 Å². The van der Waals surface area contributed by atoms with E-state index < -0.39 is 63.1 Å². The minimum Gasteiger partial charge on any atom is -0.507 e. The lowest BCUT2D eigenvalue weighted by atomic mass is 9.40. The molecule has 50 heavy (non-hydrogen) atoms. The zero-order valence-electron chi connectivity index (χ0n) is 30.9. The smallest absolute Gasteiger partial charge is 0.190 e. The van der Waals surface area contributed by atoms with Gasteiger partial charge in [0.2, 0.25) is 0 Å². The molecule has 7 heteroatoms. The molecular formula is C43H54O7. The molecule has 6 atom stereocenters. The van der Waals surface area contributed by atoms with E-state index in [1.807, 2.05) is 13.0 Å². The number of benzene rings is 2. The van der Waals surface area contributed by atoms with E-state index in [9.17, 15) is 34.2 Å². The number of aromatic hydroxyl groups is 1. The highest BCUT2D eigenvalue weighted by Gasteiger charge is 2.76. The third-order valence-electron chi connectivity index (χ3n) is 13.3. The van der Waals surface area contributed by atoms with Crippen molar-refractivity contribution in [3.63, 3.8) is 0 Å². The summed E-state index contributed by atoms with van der Waals surface area (Å²) in [5, 5.41) is 23.5. The van der Waals surface area contributed by atoms with Crippen LogP contribution in [0.15, 0.2) is 30.3 Å². The SMILES string of the molecule is CCCC1CCC(Cc2cc(-c3ccc(O)c4c3C[C@]3(C)C[C@]5(C)C(C(C)C)C(=O)C(C(C)=O)C(=O)[C@]5(O)C(=O)C3C4=O)ccc2CC)CC1. The van der Waals surface area contributed by atoms with E-state index in [-0.39, 0.29) is 30.1 Å². The van der Waals surface area contributed by atoms with Crippen LogP contribution in [0.2, 0.25) is 0 Å². The first-order valence-electron chi connectivity index (χ1n) is 18.9. The van der Waals surface area contributed by atoms with Crippen LogP contribution in [0, 0.1) is 46.3 Å². The van der Waals surface area contributed by atoms with E-state index in [0.29, 0.717) is 11.5 Å². The fourth-order valence-corrected chi connectivity index (χ4v) is 11.2. The van der Waals surface area contributed by atoms with Gasteiger partial charge in [-0.2, -0.15) is 0 Å². The minimum absolute atomic E-state index is 0.0405. The molecule has 2 aromatic rings. The number of carbonyl (C=O) groups is 5. The van der Waals surface area contributed by atoms with Crippen LogP contribution in [-0.4, -0.2) is 44.7 Å². The van der Waals surface area contributed by atoms with Gasteiger partial charge in [-0.25, -0.2) is 0 Å². The molecule has 0 amide bonds. The number of aliphatic hydroxyl groups is 1. The van der Waals surface area contributed by atoms with Gasteiger partial charge in [0.1, 0.15) is 17.5 Å². The Labute approximate surface area is 296 Å². The topological polar surface area (TPSA) is 126 Å². The van der Waals surface area contributed by atoms with E-state index >= 15 is 0 Å². The Balaban J connectivity index is 1.43. The molecule has 2 aromatic carbocycles. The van der Waals surface area contributed by atoms with Gasteiger partial charge in [-0.15, -0.1) is 0 Å². The normalized spacial score (nSPS) is 34.0. The zero-order chi connectivity index (χ0) is 36.5. The van der Waals surface area contributed by atoms with E-state index in [2.05, 4.69) is 32.0 Å². The predicted molar refractivity (Wildman–Crippen MR) is 192 cm³/mol. The fourth-order valence-electron chi connectivity index (χ4n) is 11.2. The predicted octanol–water partition coefficient (Wildman–Crippen LogP) is 7.47. The number of hydrogen-bond acceptors (Lipinski definition) is 7. The number of carbonyl (C=O) groups excluding carboxylic acids is 5. The van der Waals surface area contributed by atoms with Crippen LogP contribution < -0.4 is 0 Å². The molecule has 0 spiro atoms. The van der Waals surface area contributed by atoms with Crippen LogP contribution in [-0.2, 0) is 38.4 Å². The summed E-state index contributed by atoms with van der Waals surface area (Å²) >= 11 is 0. The van der Waals surface area contributed by atoms with Crippen molar-refractivity contribution in [2.45, 2.75) is 118 Å². The lowest BCUT2D eigenvalue weighted by Crippen LogP contribution is -2.76. The van der Waals surface area contributed by atoms with Crippen molar-refractivity contribution < 1.29 is 34.2 Å².